The Morgan fingerprint density at radius 2 is 2.00 bits per heavy atom. The van der Waals surface area contributed by atoms with E-state index in [-0.39, 0.29) is 5.54 Å². The third-order valence-corrected chi connectivity index (χ3v) is 1.55. The average Bonchev–Trinajstić information content (AvgIpc) is 2.04. The molecule has 0 fully saturated rings. The van der Waals surface area contributed by atoms with Gasteiger partial charge in [0, 0.05) is 7.11 Å². The molecule has 0 saturated heterocycles. The Hall–Kier alpha value is -1.16. The van der Waals surface area contributed by atoms with Crippen LogP contribution < -0.4 is 5.32 Å². The smallest absolute Gasteiger partial charge is 0.115 e. The average molecular weight is 181 g/mol. The van der Waals surface area contributed by atoms with E-state index < -0.39 is 0 Å². The lowest BCUT2D eigenvalue weighted by molar-refractivity contribution is 0.158. The van der Waals surface area contributed by atoms with Crippen molar-refractivity contribution in [2.24, 2.45) is 0 Å². The van der Waals surface area contributed by atoms with Gasteiger partial charge in [0.15, 0.2) is 0 Å². The topological polar surface area (TPSA) is 47.0 Å². The predicted octanol–water partition coefficient (Wildman–Crippen LogP) is 1.31. The Labute approximate surface area is 78.4 Å². The van der Waals surface area contributed by atoms with Gasteiger partial charge in [-0.3, -0.25) is 0 Å². The minimum absolute atomic E-state index is 0.0978. The molecule has 1 aromatic heterocycles. The molecule has 1 N–H and O–H groups in total. The van der Waals surface area contributed by atoms with Crippen LogP contribution in [0.3, 0.4) is 0 Å². The molecule has 13 heavy (non-hydrogen) atoms. The number of hydrogen-bond donors (Lipinski definition) is 1. The minimum Gasteiger partial charge on any atom is -0.382 e. The number of hydrogen-bond acceptors (Lipinski definition) is 4. The van der Waals surface area contributed by atoms with Gasteiger partial charge in [0.2, 0.25) is 0 Å². The van der Waals surface area contributed by atoms with Crippen LogP contribution in [0.4, 0.5) is 5.69 Å². The quantitative estimate of drug-likeness (QED) is 0.760. The van der Waals surface area contributed by atoms with Crippen molar-refractivity contribution >= 4 is 5.69 Å². The Balaban J connectivity index is 2.58. The van der Waals surface area contributed by atoms with E-state index in [2.05, 4.69) is 29.1 Å². The highest BCUT2D eigenvalue weighted by Crippen LogP contribution is 2.12. The zero-order chi connectivity index (χ0) is 9.73. The molecule has 1 rings (SSSR count). The Morgan fingerprint density at radius 3 is 2.54 bits per heavy atom. The molecule has 0 aliphatic carbocycles. The van der Waals surface area contributed by atoms with Crippen molar-refractivity contribution in [2.75, 3.05) is 19.0 Å². The molecule has 0 spiro atoms. The molecule has 72 valence electrons. The summed E-state index contributed by atoms with van der Waals surface area (Å²) in [7, 11) is 1.69. The normalized spacial score (nSPS) is 11.3. The van der Waals surface area contributed by atoms with Crippen molar-refractivity contribution in [3.8, 4) is 0 Å². The van der Waals surface area contributed by atoms with Crippen molar-refractivity contribution in [1.82, 2.24) is 9.97 Å². The molecule has 0 aromatic carbocycles. The number of methoxy groups -OCH3 is 1. The Kier molecular flexibility index (Phi) is 3.19. The third kappa shape index (κ3) is 3.38. The second-order valence-corrected chi connectivity index (χ2v) is 3.57. The van der Waals surface area contributed by atoms with Crippen molar-refractivity contribution < 1.29 is 4.74 Å². The van der Waals surface area contributed by atoms with E-state index in [0.29, 0.717) is 6.61 Å². The van der Waals surface area contributed by atoms with Crippen molar-refractivity contribution in [2.45, 2.75) is 19.4 Å². The summed E-state index contributed by atoms with van der Waals surface area (Å²) in [6.07, 6.45) is 4.99. The summed E-state index contributed by atoms with van der Waals surface area (Å²) in [6.45, 7) is 4.76. The number of ether oxygens (including phenoxy) is 1. The highest BCUT2D eigenvalue weighted by Gasteiger charge is 2.16. The summed E-state index contributed by atoms with van der Waals surface area (Å²) < 4.78 is 5.08. The molecule has 4 heteroatoms. The van der Waals surface area contributed by atoms with Crippen molar-refractivity contribution in [1.29, 1.82) is 0 Å². The van der Waals surface area contributed by atoms with Crippen LogP contribution in [0.25, 0.3) is 0 Å². The Morgan fingerprint density at radius 1 is 1.38 bits per heavy atom. The molecule has 1 aromatic rings. The minimum atomic E-state index is -0.0978. The monoisotopic (exact) mass is 181 g/mol. The second kappa shape index (κ2) is 4.18. The maximum atomic E-state index is 5.08. The van der Waals surface area contributed by atoms with Gasteiger partial charge in [-0.2, -0.15) is 0 Å². The number of aromatic nitrogens is 2. The SMILES string of the molecule is COCC(C)(C)Nc1cncnc1. The zero-order valence-electron chi connectivity index (χ0n) is 8.24. The summed E-state index contributed by atoms with van der Waals surface area (Å²) in [5.41, 5.74) is 0.809. The molecule has 0 aliphatic heterocycles. The molecule has 4 nitrogen and oxygen atoms in total. The van der Waals surface area contributed by atoms with Gasteiger partial charge in [0.1, 0.15) is 6.33 Å². The summed E-state index contributed by atoms with van der Waals surface area (Å²) in [6, 6.07) is 0. The first kappa shape index (κ1) is 9.92. The lowest BCUT2D eigenvalue weighted by Crippen LogP contribution is -2.35. The lowest BCUT2D eigenvalue weighted by atomic mass is 10.1. The Bertz CT molecular complexity index is 248. The fourth-order valence-electron chi connectivity index (χ4n) is 1.15. The number of nitrogens with one attached hydrogen (secondary N) is 1. The van der Waals surface area contributed by atoms with E-state index in [4.69, 9.17) is 4.74 Å². The van der Waals surface area contributed by atoms with Gasteiger partial charge in [0.05, 0.1) is 30.2 Å². The van der Waals surface area contributed by atoms with Gasteiger partial charge < -0.3 is 10.1 Å². The molecular weight excluding hydrogens is 166 g/mol. The van der Waals surface area contributed by atoms with Crippen LogP contribution in [0.2, 0.25) is 0 Å². The molecule has 0 amide bonds. The second-order valence-electron chi connectivity index (χ2n) is 3.57. The fraction of sp³-hybridized carbons (Fsp3) is 0.556. The number of rotatable bonds is 4. The maximum Gasteiger partial charge on any atom is 0.115 e. The lowest BCUT2D eigenvalue weighted by Gasteiger charge is -2.25. The van der Waals surface area contributed by atoms with E-state index in [1.165, 1.54) is 6.33 Å². The third-order valence-electron chi connectivity index (χ3n) is 1.55. The fourth-order valence-corrected chi connectivity index (χ4v) is 1.15. The van der Waals surface area contributed by atoms with E-state index in [9.17, 15) is 0 Å². The highest BCUT2D eigenvalue weighted by atomic mass is 16.5. The van der Waals surface area contributed by atoms with E-state index in [0.717, 1.165) is 5.69 Å². The molecule has 0 unspecified atom stereocenters. The number of nitrogens with zero attached hydrogens (tertiary/aromatic N) is 2. The van der Waals surface area contributed by atoms with Crippen LogP contribution in [-0.4, -0.2) is 29.2 Å². The van der Waals surface area contributed by atoms with Crippen LogP contribution in [0, 0.1) is 0 Å². The van der Waals surface area contributed by atoms with Crippen LogP contribution in [0.5, 0.6) is 0 Å². The van der Waals surface area contributed by atoms with Crippen LogP contribution in [0.15, 0.2) is 18.7 Å². The summed E-state index contributed by atoms with van der Waals surface area (Å²) >= 11 is 0. The van der Waals surface area contributed by atoms with Gasteiger partial charge in [0.25, 0.3) is 0 Å². The van der Waals surface area contributed by atoms with Crippen molar-refractivity contribution in [3.05, 3.63) is 18.7 Å². The zero-order valence-corrected chi connectivity index (χ0v) is 8.24. The van der Waals surface area contributed by atoms with Crippen LogP contribution in [0.1, 0.15) is 13.8 Å². The molecule has 0 aliphatic rings. The largest absolute Gasteiger partial charge is 0.382 e. The molecular formula is C9H15N3O. The van der Waals surface area contributed by atoms with Crippen molar-refractivity contribution in [3.63, 3.8) is 0 Å². The van der Waals surface area contributed by atoms with Gasteiger partial charge in [-0.05, 0) is 13.8 Å². The first-order valence-electron chi connectivity index (χ1n) is 4.16. The predicted molar refractivity (Wildman–Crippen MR) is 51.6 cm³/mol. The molecule has 1 heterocycles. The van der Waals surface area contributed by atoms with E-state index in [1.54, 1.807) is 19.5 Å². The maximum absolute atomic E-state index is 5.08. The van der Waals surface area contributed by atoms with Gasteiger partial charge in [-0.1, -0.05) is 0 Å². The first-order valence-corrected chi connectivity index (χ1v) is 4.16. The van der Waals surface area contributed by atoms with Gasteiger partial charge >= 0.3 is 0 Å². The van der Waals surface area contributed by atoms with Gasteiger partial charge in [-0.15, -0.1) is 0 Å². The molecule has 0 radical (unpaired) electrons. The summed E-state index contributed by atoms with van der Waals surface area (Å²) in [5.74, 6) is 0. The summed E-state index contributed by atoms with van der Waals surface area (Å²) in [4.78, 5) is 7.83. The van der Waals surface area contributed by atoms with Crippen LogP contribution in [-0.2, 0) is 4.74 Å². The first-order chi connectivity index (χ1) is 6.14. The van der Waals surface area contributed by atoms with E-state index in [1.807, 2.05) is 0 Å². The van der Waals surface area contributed by atoms with Crippen LogP contribution >= 0.6 is 0 Å². The number of anilines is 1. The molecule has 0 bridgehead atoms. The summed E-state index contributed by atoms with van der Waals surface area (Å²) in [5, 5.41) is 3.27. The standard InChI is InChI=1S/C9H15N3O/c1-9(2,6-13-3)12-8-4-10-7-11-5-8/h4-5,7,12H,6H2,1-3H3. The highest BCUT2D eigenvalue weighted by molar-refractivity contribution is 5.39. The molecule has 0 saturated carbocycles. The van der Waals surface area contributed by atoms with E-state index >= 15 is 0 Å². The molecule has 0 atom stereocenters. The van der Waals surface area contributed by atoms with Gasteiger partial charge in [-0.25, -0.2) is 9.97 Å².